The lowest BCUT2D eigenvalue weighted by molar-refractivity contribution is -0.140. The van der Waals surface area contributed by atoms with Crippen molar-refractivity contribution in [3.8, 4) is 0 Å². The first-order chi connectivity index (χ1) is 7.28. The van der Waals surface area contributed by atoms with Gasteiger partial charge in [0.15, 0.2) is 0 Å². The minimum Gasteiger partial charge on any atom is -0.469 e. The van der Waals surface area contributed by atoms with E-state index in [-0.39, 0.29) is 18.4 Å². The number of rotatable bonds is 4. The fourth-order valence-electron chi connectivity index (χ4n) is 0.903. The molecule has 1 atom stereocenters. The van der Waals surface area contributed by atoms with Gasteiger partial charge in [-0.15, -0.1) is 0 Å². The highest BCUT2D eigenvalue weighted by atomic mass is 127. The van der Waals surface area contributed by atoms with Crippen molar-refractivity contribution in [1.29, 1.82) is 0 Å². The summed E-state index contributed by atoms with van der Waals surface area (Å²) in [6, 6.07) is -0.261. The van der Waals surface area contributed by atoms with Crippen LogP contribution in [-0.4, -0.2) is 35.2 Å². The lowest BCUT2D eigenvalue weighted by atomic mass is 10.2. The molecule has 6 heteroatoms. The first-order valence-electron chi connectivity index (χ1n) is 4.90. The fourth-order valence-corrected chi connectivity index (χ4v) is 1.43. The predicted molar refractivity (Wildman–Crippen MR) is 68.7 cm³/mol. The third-order valence-corrected chi connectivity index (χ3v) is 2.61. The number of alkyl halides is 1. The maximum atomic E-state index is 11.4. The summed E-state index contributed by atoms with van der Waals surface area (Å²) in [7, 11) is 1.32. The number of amides is 1. The lowest BCUT2D eigenvalue weighted by Crippen LogP contribution is -2.41. The van der Waals surface area contributed by atoms with Gasteiger partial charge in [-0.05, 0) is 20.8 Å². The van der Waals surface area contributed by atoms with Crippen molar-refractivity contribution in [2.24, 2.45) is 0 Å². The summed E-state index contributed by atoms with van der Waals surface area (Å²) in [5, 5.41) is 2.62. The number of nitrogens with one attached hydrogen (secondary N) is 1. The molecule has 94 valence electrons. The SMILES string of the molecule is COC(=O)C[C@H](CI)NC(=O)OC(C)(C)C. The third-order valence-electron chi connectivity index (χ3n) is 1.55. The second kappa shape index (κ2) is 6.93. The van der Waals surface area contributed by atoms with Crippen LogP contribution in [0.5, 0.6) is 0 Å². The number of halogens is 1. The van der Waals surface area contributed by atoms with E-state index in [2.05, 4.69) is 32.6 Å². The van der Waals surface area contributed by atoms with Crippen LogP contribution in [0, 0.1) is 0 Å². The summed E-state index contributed by atoms with van der Waals surface area (Å²) >= 11 is 2.09. The van der Waals surface area contributed by atoms with Gasteiger partial charge >= 0.3 is 12.1 Å². The highest BCUT2D eigenvalue weighted by molar-refractivity contribution is 14.1. The molecule has 0 heterocycles. The van der Waals surface area contributed by atoms with Crippen molar-refractivity contribution in [3.05, 3.63) is 0 Å². The zero-order valence-corrected chi connectivity index (χ0v) is 12.2. The molecule has 0 aromatic heterocycles. The number of hydrogen-bond donors (Lipinski definition) is 1. The molecule has 0 aliphatic carbocycles. The second-order valence-corrected chi connectivity index (χ2v) is 5.16. The van der Waals surface area contributed by atoms with Gasteiger partial charge in [-0.2, -0.15) is 0 Å². The molecule has 16 heavy (non-hydrogen) atoms. The fraction of sp³-hybridized carbons (Fsp3) is 0.800. The molecule has 0 fully saturated rings. The Labute approximate surface area is 109 Å². The Morgan fingerprint density at radius 3 is 2.31 bits per heavy atom. The molecule has 0 aromatic rings. The van der Waals surface area contributed by atoms with E-state index in [9.17, 15) is 9.59 Å². The largest absolute Gasteiger partial charge is 0.469 e. The van der Waals surface area contributed by atoms with Crippen molar-refractivity contribution < 1.29 is 19.1 Å². The van der Waals surface area contributed by atoms with Crippen LogP contribution >= 0.6 is 22.6 Å². The molecule has 0 saturated carbocycles. The van der Waals surface area contributed by atoms with E-state index in [1.807, 2.05) is 0 Å². The summed E-state index contributed by atoms with van der Waals surface area (Å²) in [6.07, 6.45) is -0.364. The molecule has 5 nitrogen and oxygen atoms in total. The quantitative estimate of drug-likeness (QED) is 0.481. The van der Waals surface area contributed by atoms with Gasteiger partial charge in [-0.25, -0.2) is 4.79 Å². The molecular weight excluding hydrogens is 325 g/mol. The highest BCUT2D eigenvalue weighted by Gasteiger charge is 2.20. The minimum atomic E-state index is -0.537. The molecule has 1 N–H and O–H groups in total. The van der Waals surface area contributed by atoms with Crippen LogP contribution in [-0.2, 0) is 14.3 Å². The molecule has 1 amide bonds. The van der Waals surface area contributed by atoms with E-state index in [4.69, 9.17) is 4.74 Å². The summed E-state index contributed by atoms with van der Waals surface area (Å²) in [5.74, 6) is -0.349. The highest BCUT2D eigenvalue weighted by Crippen LogP contribution is 2.08. The summed E-state index contributed by atoms with van der Waals surface area (Å²) < 4.78 is 10.2. The molecular formula is C10H18INO4. The standard InChI is InChI=1S/C10H18INO4/c1-10(2,3)16-9(14)12-7(6-11)5-8(13)15-4/h7H,5-6H2,1-4H3,(H,12,14)/t7-/m1/s1. The first kappa shape index (κ1) is 15.5. The molecule has 0 aliphatic rings. The first-order valence-corrected chi connectivity index (χ1v) is 6.43. The topological polar surface area (TPSA) is 64.6 Å². The van der Waals surface area contributed by atoms with Crippen LogP contribution < -0.4 is 5.32 Å². The monoisotopic (exact) mass is 343 g/mol. The van der Waals surface area contributed by atoms with Gasteiger partial charge in [-0.3, -0.25) is 4.79 Å². The summed E-state index contributed by atoms with van der Waals surface area (Å²) in [6.45, 7) is 5.35. The van der Waals surface area contributed by atoms with Crippen LogP contribution in [0.3, 0.4) is 0 Å². The average Bonchev–Trinajstić information content (AvgIpc) is 2.13. The normalized spacial score (nSPS) is 12.8. The average molecular weight is 343 g/mol. The predicted octanol–water partition coefficient (Wildman–Crippen LogP) is 1.88. The Kier molecular flexibility index (Phi) is 6.70. The van der Waals surface area contributed by atoms with Crippen LogP contribution in [0.25, 0.3) is 0 Å². The molecule has 0 aromatic carbocycles. The molecule has 0 aliphatic heterocycles. The molecule has 0 spiro atoms. The van der Waals surface area contributed by atoms with Crippen molar-refractivity contribution in [1.82, 2.24) is 5.32 Å². The van der Waals surface area contributed by atoms with Crippen molar-refractivity contribution in [3.63, 3.8) is 0 Å². The number of hydrogen-bond acceptors (Lipinski definition) is 4. The van der Waals surface area contributed by atoms with E-state index < -0.39 is 11.7 Å². The lowest BCUT2D eigenvalue weighted by Gasteiger charge is -2.22. The Bertz CT molecular complexity index is 250. The molecule has 0 unspecified atom stereocenters. The van der Waals surface area contributed by atoms with Gasteiger partial charge in [0.05, 0.1) is 19.6 Å². The van der Waals surface area contributed by atoms with E-state index in [1.165, 1.54) is 7.11 Å². The van der Waals surface area contributed by atoms with Crippen molar-refractivity contribution >= 4 is 34.7 Å². The van der Waals surface area contributed by atoms with Gasteiger partial charge in [0, 0.05) is 4.43 Å². The zero-order chi connectivity index (χ0) is 12.8. The Balaban J connectivity index is 4.12. The van der Waals surface area contributed by atoms with E-state index in [1.54, 1.807) is 20.8 Å². The number of ether oxygens (including phenoxy) is 2. The van der Waals surface area contributed by atoms with Crippen LogP contribution in [0.15, 0.2) is 0 Å². The molecule has 0 saturated heterocycles. The maximum absolute atomic E-state index is 11.4. The maximum Gasteiger partial charge on any atom is 0.407 e. The Hall–Kier alpha value is -0.530. The molecule has 0 radical (unpaired) electrons. The Morgan fingerprint density at radius 2 is 1.94 bits per heavy atom. The van der Waals surface area contributed by atoms with E-state index in [0.717, 1.165) is 0 Å². The van der Waals surface area contributed by atoms with E-state index >= 15 is 0 Å². The van der Waals surface area contributed by atoms with Crippen LogP contribution in [0.4, 0.5) is 4.79 Å². The minimum absolute atomic E-state index is 0.151. The molecule has 0 rings (SSSR count). The molecule has 0 bridgehead atoms. The zero-order valence-electron chi connectivity index (χ0n) is 10.0. The van der Waals surface area contributed by atoms with Crippen LogP contribution in [0.2, 0.25) is 0 Å². The van der Waals surface area contributed by atoms with Crippen LogP contribution in [0.1, 0.15) is 27.2 Å². The Morgan fingerprint density at radius 1 is 1.38 bits per heavy atom. The third kappa shape index (κ3) is 7.72. The number of carbonyl (C=O) groups is 2. The van der Waals surface area contributed by atoms with Crippen molar-refractivity contribution in [2.45, 2.75) is 38.8 Å². The second-order valence-electron chi connectivity index (χ2n) is 4.28. The number of methoxy groups -OCH3 is 1. The van der Waals surface area contributed by atoms with Crippen molar-refractivity contribution in [2.75, 3.05) is 11.5 Å². The van der Waals surface area contributed by atoms with Gasteiger partial charge in [0.25, 0.3) is 0 Å². The van der Waals surface area contributed by atoms with Gasteiger partial charge in [0.1, 0.15) is 5.60 Å². The van der Waals surface area contributed by atoms with Gasteiger partial charge in [0.2, 0.25) is 0 Å². The number of esters is 1. The number of alkyl carbamates (subject to hydrolysis) is 1. The van der Waals surface area contributed by atoms with E-state index in [0.29, 0.717) is 4.43 Å². The smallest absolute Gasteiger partial charge is 0.407 e. The van der Waals surface area contributed by atoms with Gasteiger partial charge < -0.3 is 14.8 Å². The number of carbonyl (C=O) groups excluding carboxylic acids is 2. The summed E-state index contributed by atoms with van der Waals surface area (Å²) in [4.78, 5) is 22.4. The van der Waals surface area contributed by atoms with Gasteiger partial charge in [-0.1, -0.05) is 22.6 Å². The summed E-state index contributed by atoms with van der Waals surface area (Å²) in [5.41, 5.74) is -0.537.